The van der Waals surface area contributed by atoms with E-state index in [1.165, 1.54) is 70.6 Å². The average Bonchev–Trinajstić information content (AvgIpc) is 2.50. The average molecular weight is 325 g/mol. The Balaban J connectivity index is 2.17. The van der Waals surface area contributed by atoms with Crippen molar-refractivity contribution in [3.05, 3.63) is 23.3 Å². The summed E-state index contributed by atoms with van der Waals surface area (Å²) in [6.07, 6.45) is 8.42. The number of nitrogens with two attached hydrogens (primary N) is 2. The Morgan fingerprint density at radius 2 is 1.83 bits per heavy atom. The van der Waals surface area contributed by atoms with E-state index in [1.54, 1.807) is 10.5 Å². The molecule has 1 aliphatic rings. The minimum atomic E-state index is 0.406. The van der Waals surface area contributed by atoms with Crippen molar-refractivity contribution in [3.63, 3.8) is 0 Å². The highest BCUT2D eigenvalue weighted by Crippen LogP contribution is 2.20. The Morgan fingerprint density at radius 1 is 1.13 bits per heavy atom. The molecule has 3 nitrogen and oxygen atoms in total. The molecule has 0 spiro atoms. The number of hydrogen-bond acceptors (Lipinski definition) is 0. The van der Waals surface area contributed by atoms with Crippen LogP contribution in [0.3, 0.4) is 0 Å². The topological polar surface area (TPSA) is 37.7 Å². The monoisotopic (exact) mass is 324 g/mol. The molecule has 0 aliphatic carbocycles. The fraction of sp³-hybridized carbons (Fsp3) is 0.800. The maximum absolute atomic E-state index is 2.54. The second-order valence-electron chi connectivity index (χ2n) is 8.39. The summed E-state index contributed by atoms with van der Waals surface area (Å²) in [4.78, 5) is 1.80. The first-order valence-corrected chi connectivity index (χ1v) is 9.65. The fourth-order valence-electron chi connectivity index (χ4n) is 3.16. The van der Waals surface area contributed by atoms with Crippen LogP contribution in [0, 0.1) is 5.41 Å². The molecule has 134 valence electrons. The van der Waals surface area contributed by atoms with E-state index in [-0.39, 0.29) is 0 Å². The van der Waals surface area contributed by atoms with Gasteiger partial charge in [-0.05, 0) is 40.0 Å². The first-order valence-electron chi connectivity index (χ1n) is 9.65. The highest BCUT2D eigenvalue weighted by atomic mass is 15.2. The summed E-state index contributed by atoms with van der Waals surface area (Å²) in [7, 11) is 0. The Labute approximate surface area is 144 Å². The van der Waals surface area contributed by atoms with Crippen LogP contribution in [0.4, 0.5) is 0 Å². The van der Waals surface area contributed by atoms with E-state index in [4.69, 9.17) is 0 Å². The fourth-order valence-corrected chi connectivity index (χ4v) is 3.16. The van der Waals surface area contributed by atoms with E-state index in [0.29, 0.717) is 5.41 Å². The highest BCUT2D eigenvalue weighted by molar-refractivity contribution is 5.03. The van der Waals surface area contributed by atoms with Gasteiger partial charge < -0.3 is 15.5 Å². The number of nitrogens with one attached hydrogen (secondary N) is 1. The first kappa shape index (κ1) is 20.4. The minimum Gasteiger partial charge on any atom is -0.341 e. The lowest BCUT2D eigenvalue weighted by Crippen LogP contribution is -3.22. The number of hydrogen-bond donors (Lipinski definition) is 3. The van der Waals surface area contributed by atoms with Gasteiger partial charge >= 0.3 is 0 Å². The molecule has 0 radical (unpaired) electrons. The van der Waals surface area contributed by atoms with Gasteiger partial charge in [-0.3, -0.25) is 0 Å². The van der Waals surface area contributed by atoms with Crippen LogP contribution in [0.25, 0.3) is 0 Å². The number of allylic oxidation sites excluding steroid dienone is 4. The lowest BCUT2D eigenvalue weighted by Gasteiger charge is -2.24. The van der Waals surface area contributed by atoms with Gasteiger partial charge in [0.1, 0.15) is 39.3 Å². The maximum Gasteiger partial charge on any atom is 0.127 e. The van der Waals surface area contributed by atoms with E-state index < -0.39 is 0 Å². The van der Waals surface area contributed by atoms with Gasteiger partial charge in [0.25, 0.3) is 0 Å². The van der Waals surface area contributed by atoms with Crippen LogP contribution < -0.4 is 15.5 Å². The van der Waals surface area contributed by atoms with Crippen molar-refractivity contribution in [1.29, 1.82) is 0 Å². The molecule has 0 saturated carbocycles. The summed E-state index contributed by atoms with van der Waals surface area (Å²) in [5.74, 6) is 0. The van der Waals surface area contributed by atoms with Gasteiger partial charge in [0, 0.05) is 5.41 Å². The second-order valence-corrected chi connectivity index (χ2v) is 8.39. The van der Waals surface area contributed by atoms with Gasteiger partial charge in [-0.1, -0.05) is 37.1 Å². The van der Waals surface area contributed by atoms with Crippen molar-refractivity contribution in [2.45, 2.75) is 53.9 Å². The van der Waals surface area contributed by atoms with Crippen LogP contribution in [0.2, 0.25) is 0 Å². The zero-order chi connectivity index (χ0) is 17.1. The molecule has 0 atom stereocenters. The SMILES string of the molecule is CC(C)=CCC/C(C)=C/CC(C)(C)C[NH2+]CC[NH+]1CC[NH2+]CC1. The minimum absolute atomic E-state index is 0.406. The van der Waals surface area contributed by atoms with E-state index in [9.17, 15) is 0 Å². The molecule has 0 aromatic carbocycles. The summed E-state index contributed by atoms with van der Waals surface area (Å²) >= 11 is 0. The molecule has 5 N–H and O–H groups in total. The van der Waals surface area contributed by atoms with Gasteiger partial charge in [0.2, 0.25) is 0 Å². The van der Waals surface area contributed by atoms with Gasteiger partial charge in [-0.2, -0.15) is 0 Å². The maximum atomic E-state index is 2.54. The zero-order valence-corrected chi connectivity index (χ0v) is 16.4. The number of rotatable bonds is 10. The summed E-state index contributed by atoms with van der Waals surface area (Å²) in [5, 5.41) is 4.99. The molecule has 1 fully saturated rings. The van der Waals surface area contributed by atoms with Crippen molar-refractivity contribution in [3.8, 4) is 0 Å². The second kappa shape index (κ2) is 11.0. The standard InChI is InChI=1S/C20H39N3/c1-18(2)7-6-8-19(3)9-10-20(4,5)17-22-13-16-23-14-11-21-12-15-23/h7,9,21-22H,6,8,10-17H2,1-5H3/p+3/b19-9+. The molecule has 3 heteroatoms. The third-order valence-electron chi connectivity index (χ3n) is 4.90. The van der Waals surface area contributed by atoms with E-state index in [2.05, 4.69) is 57.4 Å². The van der Waals surface area contributed by atoms with Crippen molar-refractivity contribution in [2.24, 2.45) is 5.41 Å². The zero-order valence-electron chi connectivity index (χ0n) is 16.4. The molecule has 23 heavy (non-hydrogen) atoms. The molecule has 0 aromatic heterocycles. The van der Waals surface area contributed by atoms with Crippen molar-refractivity contribution in [2.75, 3.05) is 45.8 Å². The van der Waals surface area contributed by atoms with Crippen LogP contribution in [0.1, 0.15) is 53.9 Å². The molecule has 0 amide bonds. The highest BCUT2D eigenvalue weighted by Gasteiger charge is 2.20. The summed E-state index contributed by atoms with van der Waals surface area (Å²) in [6.45, 7) is 20.7. The lowest BCUT2D eigenvalue weighted by atomic mass is 9.88. The van der Waals surface area contributed by atoms with Crippen LogP contribution in [0.5, 0.6) is 0 Å². The molecule has 0 bridgehead atoms. The summed E-state index contributed by atoms with van der Waals surface area (Å²) in [6, 6.07) is 0. The quantitative estimate of drug-likeness (QED) is 0.377. The molecule has 1 saturated heterocycles. The van der Waals surface area contributed by atoms with Gasteiger partial charge in [-0.15, -0.1) is 0 Å². The van der Waals surface area contributed by atoms with Crippen LogP contribution in [-0.2, 0) is 0 Å². The Kier molecular flexibility index (Phi) is 9.77. The van der Waals surface area contributed by atoms with Crippen molar-refractivity contribution >= 4 is 0 Å². The van der Waals surface area contributed by atoms with E-state index in [1.807, 2.05) is 0 Å². The Morgan fingerprint density at radius 3 is 2.48 bits per heavy atom. The number of quaternary nitrogens is 3. The summed E-state index contributed by atoms with van der Waals surface area (Å²) < 4.78 is 0. The lowest BCUT2D eigenvalue weighted by molar-refractivity contribution is -0.955. The van der Waals surface area contributed by atoms with Crippen LogP contribution >= 0.6 is 0 Å². The predicted octanol–water partition coefficient (Wildman–Crippen LogP) is 0.121. The molecular formula is C20H42N3+3. The first-order chi connectivity index (χ1) is 10.9. The van der Waals surface area contributed by atoms with Crippen molar-refractivity contribution < 1.29 is 15.5 Å². The molecule has 1 aliphatic heterocycles. The Bertz CT molecular complexity index is 372. The molecule has 1 rings (SSSR count). The Hall–Kier alpha value is -0.640. The summed E-state index contributed by atoms with van der Waals surface area (Å²) in [5.41, 5.74) is 3.38. The molecule has 0 unspecified atom stereocenters. The van der Waals surface area contributed by atoms with Gasteiger partial charge in [-0.25, -0.2) is 0 Å². The van der Waals surface area contributed by atoms with Gasteiger partial charge in [0.15, 0.2) is 0 Å². The molecular weight excluding hydrogens is 282 g/mol. The van der Waals surface area contributed by atoms with E-state index in [0.717, 1.165) is 0 Å². The van der Waals surface area contributed by atoms with Gasteiger partial charge in [0.05, 0.1) is 6.54 Å². The smallest absolute Gasteiger partial charge is 0.127 e. The largest absolute Gasteiger partial charge is 0.341 e. The third-order valence-corrected chi connectivity index (χ3v) is 4.90. The number of piperazine rings is 1. The van der Waals surface area contributed by atoms with Crippen LogP contribution in [0.15, 0.2) is 23.3 Å². The molecule has 1 heterocycles. The predicted molar refractivity (Wildman–Crippen MR) is 99.7 cm³/mol. The third kappa shape index (κ3) is 10.7. The van der Waals surface area contributed by atoms with Crippen molar-refractivity contribution in [1.82, 2.24) is 0 Å². The normalized spacial score (nSPS) is 17.3. The van der Waals surface area contributed by atoms with E-state index >= 15 is 0 Å². The van der Waals surface area contributed by atoms with Crippen LogP contribution in [-0.4, -0.2) is 45.8 Å². The molecule has 0 aromatic rings.